The van der Waals surface area contributed by atoms with Gasteiger partial charge >= 0.3 is 0 Å². The molecule has 9 nitrogen and oxygen atoms in total. The third-order valence-electron chi connectivity index (χ3n) is 8.83. The van der Waals surface area contributed by atoms with E-state index >= 15 is 0 Å². The van der Waals surface area contributed by atoms with Crippen LogP contribution in [0.15, 0.2) is 36.4 Å². The number of hydrogen-bond acceptors (Lipinski definition) is 6. The van der Waals surface area contributed by atoms with Crippen molar-refractivity contribution in [2.45, 2.75) is 44.0 Å². The number of anilines is 2. The Bertz CT molecular complexity index is 1850. The van der Waals surface area contributed by atoms with Gasteiger partial charge in [-0.2, -0.15) is 0 Å². The number of carbonyl (C=O) groups excluding carboxylic acids is 1. The zero-order valence-electron chi connectivity index (χ0n) is 20.9. The molecule has 5 heterocycles. The molecule has 2 bridgehead atoms. The van der Waals surface area contributed by atoms with Crippen molar-refractivity contribution in [3.05, 3.63) is 47.5 Å². The molecule has 8 rings (SSSR count). The van der Waals surface area contributed by atoms with E-state index in [0.29, 0.717) is 29.9 Å². The van der Waals surface area contributed by atoms with Crippen LogP contribution in [0.3, 0.4) is 0 Å². The average Bonchev–Trinajstić information content (AvgIpc) is 3.50. The van der Waals surface area contributed by atoms with E-state index in [4.69, 9.17) is 20.9 Å². The summed E-state index contributed by atoms with van der Waals surface area (Å²) in [4.78, 5) is 13.4. The summed E-state index contributed by atoms with van der Waals surface area (Å²) in [7, 11) is 3.71. The van der Waals surface area contributed by atoms with Crippen molar-refractivity contribution in [2.24, 2.45) is 0 Å². The number of hydrogen-bond donors (Lipinski definition) is 4. The van der Waals surface area contributed by atoms with Crippen molar-refractivity contribution in [3.8, 4) is 0 Å². The number of aromatic nitrogens is 2. The van der Waals surface area contributed by atoms with Crippen LogP contribution in [-0.2, 0) is 21.7 Å². The SMILES string of the molecule is CNC1CC2O[C@@](C)([C@@H]1OC)n1c3ccc(N)cc3c3c4c(c5c6cc(N)ccc6n2c5c31)C(=O)NC4. The van der Waals surface area contributed by atoms with E-state index in [2.05, 4.69) is 32.8 Å². The molecule has 1 fully saturated rings. The molecule has 2 unspecified atom stereocenters. The summed E-state index contributed by atoms with van der Waals surface area (Å²) in [6, 6.07) is 12.0. The lowest BCUT2D eigenvalue weighted by atomic mass is 9.93. The van der Waals surface area contributed by atoms with Gasteiger partial charge in [0.15, 0.2) is 5.72 Å². The third kappa shape index (κ3) is 2.33. The van der Waals surface area contributed by atoms with Gasteiger partial charge in [0.1, 0.15) is 12.3 Å². The van der Waals surface area contributed by atoms with Crippen LogP contribution in [0, 0.1) is 0 Å². The molecule has 188 valence electrons. The van der Waals surface area contributed by atoms with Crippen molar-refractivity contribution >= 4 is 60.9 Å². The van der Waals surface area contributed by atoms with E-state index in [9.17, 15) is 4.79 Å². The molecule has 3 aromatic carbocycles. The number of carbonyl (C=O) groups is 1. The fraction of sp³-hybridized carbons (Fsp3) is 0.321. The second kappa shape index (κ2) is 6.74. The molecule has 5 aromatic rings. The predicted molar refractivity (Wildman–Crippen MR) is 144 cm³/mol. The molecule has 3 aliphatic heterocycles. The third-order valence-corrected chi connectivity index (χ3v) is 8.83. The minimum Gasteiger partial charge on any atom is -0.399 e. The standard InChI is InChI=1S/C28H28N6O3/c1-28-26(36-3)17(31-2)10-20(37-28)33-18-6-4-12(29)8-14(18)22-23-16(11-32-27(23)35)21-15-9-13(30)5-7-19(15)34(28)25(21)24(22)33/h4-9,17,20,26,31H,10-11,29-30H2,1-3H3,(H,32,35)/t17?,20?,26-,28+/m1/s1. The summed E-state index contributed by atoms with van der Waals surface area (Å²) in [5.74, 6) is -0.0644. The Hall–Kier alpha value is -3.79. The highest BCUT2D eigenvalue weighted by Gasteiger charge is 2.53. The first-order chi connectivity index (χ1) is 17.9. The highest BCUT2D eigenvalue weighted by atomic mass is 16.6. The molecule has 1 amide bonds. The summed E-state index contributed by atoms with van der Waals surface area (Å²) in [5, 5.41) is 10.5. The monoisotopic (exact) mass is 496 g/mol. The fourth-order valence-electron chi connectivity index (χ4n) is 7.47. The minimum absolute atomic E-state index is 0.0285. The molecule has 9 heteroatoms. The van der Waals surface area contributed by atoms with Crippen LogP contribution in [0.25, 0.3) is 43.6 Å². The molecule has 3 aliphatic rings. The first-order valence-corrected chi connectivity index (χ1v) is 12.7. The second-order valence-corrected chi connectivity index (χ2v) is 10.7. The molecule has 4 atom stereocenters. The molecule has 0 saturated carbocycles. The summed E-state index contributed by atoms with van der Waals surface area (Å²) >= 11 is 0. The van der Waals surface area contributed by atoms with E-state index in [1.807, 2.05) is 37.4 Å². The van der Waals surface area contributed by atoms with Crippen LogP contribution >= 0.6 is 0 Å². The van der Waals surface area contributed by atoms with Crippen molar-refractivity contribution in [2.75, 3.05) is 25.6 Å². The number of benzene rings is 3. The summed E-state index contributed by atoms with van der Waals surface area (Å²) in [6.45, 7) is 2.57. The lowest BCUT2D eigenvalue weighted by molar-refractivity contribution is -0.256. The quantitative estimate of drug-likeness (QED) is 0.278. The number of fused-ring (bicyclic) bond motifs is 13. The van der Waals surface area contributed by atoms with Crippen molar-refractivity contribution < 1.29 is 14.3 Å². The maximum absolute atomic E-state index is 13.4. The summed E-state index contributed by atoms with van der Waals surface area (Å²) in [6.07, 6.45) is 0.153. The zero-order chi connectivity index (χ0) is 25.4. The first-order valence-electron chi connectivity index (χ1n) is 12.7. The fourth-order valence-corrected chi connectivity index (χ4v) is 7.47. The van der Waals surface area contributed by atoms with E-state index < -0.39 is 5.72 Å². The Morgan fingerprint density at radius 1 is 1.08 bits per heavy atom. The highest BCUT2D eigenvalue weighted by molar-refractivity contribution is 6.31. The molecule has 0 radical (unpaired) electrons. The number of methoxy groups -OCH3 is 1. The number of ether oxygens (including phenoxy) is 2. The van der Waals surface area contributed by atoms with Gasteiger partial charge < -0.3 is 40.7 Å². The number of nitrogens with two attached hydrogens (primary N) is 2. The van der Waals surface area contributed by atoms with Gasteiger partial charge in [-0.25, -0.2) is 0 Å². The van der Waals surface area contributed by atoms with E-state index in [0.717, 1.165) is 49.2 Å². The van der Waals surface area contributed by atoms with Crippen LogP contribution in [0.1, 0.15) is 35.5 Å². The van der Waals surface area contributed by atoms with Crippen molar-refractivity contribution in [1.29, 1.82) is 0 Å². The number of nitrogens with zero attached hydrogens (tertiary/aromatic N) is 2. The second-order valence-electron chi connectivity index (χ2n) is 10.7. The Morgan fingerprint density at radius 2 is 1.78 bits per heavy atom. The van der Waals surface area contributed by atoms with Crippen LogP contribution in [0.2, 0.25) is 0 Å². The van der Waals surface area contributed by atoms with Crippen LogP contribution < -0.4 is 22.1 Å². The van der Waals surface area contributed by atoms with Crippen LogP contribution in [-0.4, -0.2) is 41.3 Å². The van der Waals surface area contributed by atoms with Gasteiger partial charge in [-0.3, -0.25) is 4.79 Å². The lowest BCUT2D eigenvalue weighted by Gasteiger charge is -2.48. The molecule has 37 heavy (non-hydrogen) atoms. The predicted octanol–water partition coefficient (Wildman–Crippen LogP) is 3.52. The van der Waals surface area contributed by atoms with Gasteiger partial charge in [0.25, 0.3) is 5.91 Å². The average molecular weight is 497 g/mol. The Kier molecular flexibility index (Phi) is 3.88. The number of nitrogens with one attached hydrogen (secondary N) is 2. The van der Waals surface area contributed by atoms with Gasteiger partial charge in [-0.1, -0.05) is 0 Å². The molecule has 6 N–H and O–H groups in total. The molecule has 1 saturated heterocycles. The number of nitrogen functional groups attached to an aromatic ring is 2. The van der Waals surface area contributed by atoms with E-state index in [-0.39, 0.29) is 24.3 Å². The normalized spacial score (nSPS) is 26.5. The minimum atomic E-state index is -0.835. The largest absolute Gasteiger partial charge is 0.399 e. The smallest absolute Gasteiger partial charge is 0.252 e. The maximum Gasteiger partial charge on any atom is 0.252 e. The van der Waals surface area contributed by atoms with E-state index in [1.54, 1.807) is 7.11 Å². The Labute approximate surface area is 212 Å². The molecule has 2 aromatic heterocycles. The van der Waals surface area contributed by atoms with Crippen LogP contribution in [0.4, 0.5) is 11.4 Å². The van der Waals surface area contributed by atoms with Crippen LogP contribution in [0.5, 0.6) is 0 Å². The van der Waals surface area contributed by atoms with Crippen molar-refractivity contribution in [3.63, 3.8) is 0 Å². The Morgan fingerprint density at radius 3 is 2.49 bits per heavy atom. The highest BCUT2D eigenvalue weighted by Crippen LogP contribution is 2.54. The summed E-state index contributed by atoms with van der Waals surface area (Å²) in [5.41, 5.74) is 18.8. The molecule has 0 aliphatic carbocycles. The molecular weight excluding hydrogens is 468 g/mol. The van der Waals surface area contributed by atoms with Crippen molar-refractivity contribution in [1.82, 2.24) is 19.8 Å². The van der Waals surface area contributed by atoms with Gasteiger partial charge in [-0.15, -0.1) is 0 Å². The Balaban J connectivity index is 1.72. The van der Waals surface area contributed by atoms with Gasteiger partial charge in [0.05, 0.1) is 27.6 Å². The van der Waals surface area contributed by atoms with E-state index in [1.165, 1.54) is 0 Å². The lowest BCUT2D eigenvalue weighted by Crippen LogP contribution is -2.59. The maximum atomic E-state index is 13.4. The molecular formula is C28H28N6O3. The van der Waals surface area contributed by atoms with Gasteiger partial charge in [0, 0.05) is 59.0 Å². The van der Waals surface area contributed by atoms with Gasteiger partial charge in [-0.05, 0) is 55.9 Å². The number of likely N-dealkylation sites (N-methyl/N-ethyl adjacent to an activating group) is 1. The molecule has 0 spiro atoms. The number of rotatable bonds is 2. The zero-order valence-corrected chi connectivity index (χ0v) is 20.9. The topological polar surface area (TPSA) is 121 Å². The number of amides is 1. The van der Waals surface area contributed by atoms with Gasteiger partial charge in [0.2, 0.25) is 0 Å². The first kappa shape index (κ1) is 21.3. The summed E-state index contributed by atoms with van der Waals surface area (Å²) < 4.78 is 17.8.